The van der Waals surface area contributed by atoms with Gasteiger partial charge in [0, 0.05) is 54.7 Å². The van der Waals surface area contributed by atoms with Crippen molar-refractivity contribution in [1.29, 1.82) is 0 Å². The number of hydrogen-bond donors (Lipinski definition) is 1. The summed E-state index contributed by atoms with van der Waals surface area (Å²) in [5.74, 6) is 0.867. The molecule has 146 valence electrons. The Morgan fingerprint density at radius 1 is 1.31 bits per heavy atom. The van der Waals surface area contributed by atoms with E-state index in [1.54, 1.807) is 17.7 Å². The van der Waals surface area contributed by atoms with E-state index in [0.717, 1.165) is 64.4 Å². The van der Waals surface area contributed by atoms with Gasteiger partial charge in [-0.15, -0.1) is 11.3 Å². The van der Waals surface area contributed by atoms with Crippen LogP contribution in [0.25, 0.3) is 21.5 Å². The van der Waals surface area contributed by atoms with Crippen LogP contribution in [-0.4, -0.2) is 26.3 Å². The van der Waals surface area contributed by atoms with E-state index in [2.05, 4.69) is 15.3 Å². The largest absolute Gasteiger partial charge is 0.483 e. The summed E-state index contributed by atoms with van der Waals surface area (Å²) in [4.78, 5) is 8.94. The Hall–Kier alpha value is -2.48. The first-order chi connectivity index (χ1) is 14.2. The van der Waals surface area contributed by atoms with Gasteiger partial charge in [0.1, 0.15) is 18.2 Å². The summed E-state index contributed by atoms with van der Waals surface area (Å²) < 4.78 is 9.59. The zero-order valence-electron chi connectivity index (χ0n) is 15.8. The van der Waals surface area contributed by atoms with Crippen LogP contribution in [-0.2, 0) is 26.4 Å². The third-order valence-corrected chi connectivity index (χ3v) is 6.85. The zero-order valence-corrected chi connectivity index (χ0v) is 17.3. The van der Waals surface area contributed by atoms with Gasteiger partial charge in [-0.3, -0.25) is 4.68 Å². The number of thiophene rings is 1. The van der Waals surface area contributed by atoms with Crippen molar-refractivity contribution in [3.63, 3.8) is 0 Å². The molecular formula is C21H18ClN5OS. The number of nitrogens with zero attached hydrogens (tertiary/aromatic N) is 4. The summed E-state index contributed by atoms with van der Waals surface area (Å²) in [7, 11) is 2.01. The van der Waals surface area contributed by atoms with Crippen molar-refractivity contribution in [2.75, 3.05) is 6.54 Å². The predicted octanol–water partition coefficient (Wildman–Crippen LogP) is 4.07. The van der Waals surface area contributed by atoms with Crippen molar-refractivity contribution in [3.8, 4) is 17.0 Å². The molecule has 6 nitrogen and oxygen atoms in total. The Kier molecular flexibility index (Phi) is 3.91. The molecule has 1 N–H and O–H groups in total. The third kappa shape index (κ3) is 2.68. The average Bonchev–Trinajstić information content (AvgIpc) is 3.42. The van der Waals surface area contributed by atoms with Gasteiger partial charge in [0.05, 0.1) is 27.3 Å². The molecule has 8 heteroatoms. The molecule has 2 aliphatic heterocycles. The van der Waals surface area contributed by atoms with Gasteiger partial charge in [-0.25, -0.2) is 9.97 Å². The van der Waals surface area contributed by atoms with E-state index >= 15 is 0 Å². The highest BCUT2D eigenvalue weighted by atomic mass is 35.5. The number of ether oxygens (including phenoxy) is 1. The van der Waals surface area contributed by atoms with Crippen molar-refractivity contribution < 1.29 is 4.74 Å². The maximum Gasteiger partial charge on any atom is 0.145 e. The predicted molar refractivity (Wildman–Crippen MR) is 114 cm³/mol. The second kappa shape index (κ2) is 6.52. The highest BCUT2D eigenvalue weighted by molar-refractivity contribution is 7.17. The molecule has 1 unspecified atom stereocenters. The fraction of sp³-hybridized carbons (Fsp3) is 0.286. The summed E-state index contributed by atoms with van der Waals surface area (Å²) in [5, 5.41) is 10.9. The smallest absolute Gasteiger partial charge is 0.145 e. The number of benzene rings is 1. The van der Waals surface area contributed by atoms with Crippen LogP contribution in [0.1, 0.15) is 28.6 Å². The van der Waals surface area contributed by atoms with E-state index in [4.69, 9.17) is 21.4 Å². The molecule has 1 atom stereocenters. The fourth-order valence-corrected chi connectivity index (χ4v) is 5.58. The fourth-order valence-electron chi connectivity index (χ4n) is 4.49. The molecule has 0 bridgehead atoms. The van der Waals surface area contributed by atoms with Gasteiger partial charge in [-0.2, -0.15) is 5.10 Å². The monoisotopic (exact) mass is 423 g/mol. The number of aromatic nitrogens is 4. The van der Waals surface area contributed by atoms with Crippen LogP contribution < -0.4 is 10.1 Å². The molecule has 1 aromatic carbocycles. The van der Waals surface area contributed by atoms with Gasteiger partial charge in [0.25, 0.3) is 0 Å². The molecule has 0 spiro atoms. The Morgan fingerprint density at radius 3 is 3.17 bits per heavy atom. The van der Waals surface area contributed by atoms with Gasteiger partial charge < -0.3 is 10.1 Å². The number of halogens is 1. The molecule has 0 saturated carbocycles. The van der Waals surface area contributed by atoms with Crippen LogP contribution in [0.5, 0.6) is 5.75 Å². The maximum atomic E-state index is 6.56. The summed E-state index contributed by atoms with van der Waals surface area (Å²) in [5.41, 5.74) is 7.45. The Balaban J connectivity index is 1.47. The van der Waals surface area contributed by atoms with Gasteiger partial charge in [0.2, 0.25) is 0 Å². The van der Waals surface area contributed by atoms with Gasteiger partial charge in [-0.1, -0.05) is 11.6 Å². The highest BCUT2D eigenvalue weighted by Crippen LogP contribution is 2.47. The maximum absolute atomic E-state index is 6.56. The first-order valence-electron chi connectivity index (χ1n) is 9.62. The van der Waals surface area contributed by atoms with Crippen LogP contribution in [0.2, 0.25) is 5.02 Å². The van der Waals surface area contributed by atoms with Gasteiger partial charge >= 0.3 is 0 Å². The van der Waals surface area contributed by atoms with E-state index in [9.17, 15) is 0 Å². The second-order valence-corrected chi connectivity index (χ2v) is 8.82. The molecule has 0 fully saturated rings. The summed E-state index contributed by atoms with van der Waals surface area (Å²) in [6.07, 6.45) is 3.25. The topological polar surface area (TPSA) is 64.9 Å². The van der Waals surface area contributed by atoms with Crippen molar-refractivity contribution >= 4 is 33.2 Å². The van der Waals surface area contributed by atoms with Crippen molar-refractivity contribution in [1.82, 2.24) is 25.1 Å². The number of fused-ring (bicyclic) bond motifs is 3. The van der Waals surface area contributed by atoms with E-state index in [0.29, 0.717) is 5.02 Å². The molecule has 0 aliphatic carbocycles. The van der Waals surface area contributed by atoms with E-state index in [1.807, 2.05) is 35.3 Å². The summed E-state index contributed by atoms with van der Waals surface area (Å²) >= 11 is 8.13. The van der Waals surface area contributed by atoms with Gasteiger partial charge in [-0.05, 0) is 23.6 Å². The van der Waals surface area contributed by atoms with Gasteiger partial charge in [0.15, 0.2) is 0 Å². The van der Waals surface area contributed by atoms with Crippen LogP contribution in [0.3, 0.4) is 0 Å². The molecule has 2 aliphatic rings. The average molecular weight is 424 g/mol. The molecular weight excluding hydrogens is 406 g/mol. The highest BCUT2D eigenvalue weighted by Gasteiger charge is 2.34. The lowest BCUT2D eigenvalue weighted by molar-refractivity contribution is 0.226. The molecule has 0 saturated heterocycles. The van der Waals surface area contributed by atoms with Crippen LogP contribution in [0, 0.1) is 0 Å². The molecule has 4 aromatic rings. The Bertz CT molecular complexity index is 1260. The Labute approximate surface area is 176 Å². The lowest BCUT2D eigenvalue weighted by atomic mass is 9.99. The number of aryl methyl sites for hydroxylation is 1. The first-order valence-corrected chi connectivity index (χ1v) is 10.9. The van der Waals surface area contributed by atoms with E-state index in [1.165, 1.54) is 11.3 Å². The van der Waals surface area contributed by atoms with Crippen molar-refractivity contribution in [2.45, 2.75) is 25.5 Å². The molecule has 5 heterocycles. The number of hydrogen-bond acceptors (Lipinski definition) is 6. The van der Waals surface area contributed by atoms with Crippen molar-refractivity contribution in [3.05, 3.63) is 57.4 Å². The quantitative estimate of drug-likeness (QED) is 0.526. The minimum Gasteiger partial charge on any atom is -0.483 e. The molecule has 29 heavy (non-hydrogen) atoms. The lowest BCUT2D eigenvalue weighted by Gasteiger charge is -2.17. The first kappa shape index (κ1) is 17.4. The van der Waals surface area contributed by atoms with E-state index < -0.39 is 0 Å². The van der Waals surface area contributed by atoms with Crippen LogP contribution >= 0.6 is 22.9 Å². The summed E-state index contributed by atoms with van der Waals surface area (Å²) in [6, 6.07) is 5.97. The van der Waals surface area contributed by atoms with E-state index in [-0.39, 0.29) is 6.10 Å². The second-order valence-electron chi connectivity index (χ2n) is 7.47. The number of rotatable bonds is 2. The van der Waals surface area contributed by atoms with Crippen molar-refractivity contribution in [2.24, 2.45) is 7.05 Å². The third-order valence-electron chi connectivity index (χ3n) is 5.72. The summed E-state index contributed by atoms with van der Waals surface area (Å²) in [6.45, 7) is 1.81. The van der Waals surface area contributed by atoms with Crippen LogP contribution in [0.15, 0.2) is 29.9 Å². The zero-order chi connectivity index (χ0) is 19.5. The minimum absolute atomic E-state index is 0.0796. The SMILES string of the molecule is Cn1nc2c(c1C1Cc3cc(Cl)cc(-c4ncnc5ccsc45)c3O1)CNCC2. The standard InChI is InChI=1S/C21H18ClN5OS/c1-27-19(14-9-23-4-2-15(14)26-27)17-7-11-6-12(22)8-13(20(11)28-17)18-21-16(3-5-29-21)24-10-25-18/h3,5-6,8,10,17,23H,2,4,7,9H2,1H3. The molecule has 3 aromatic heterocycles. The Morgan fingerprint density at radius 2 is 2.24 bits per heavy atom. The minimum atomic E-state index is -0.0796. The van der Waals surface area contributed by atoms with Crippen LogP contribution in [0.4, 0.5) is 0 Å². The molecule has 6 rings (SSSR count). The normalized spacial score (nSPS) is 17.9. The molecule has 0 amide bonds. The number of nitrogens with one attached hydrogen (secondary N) is 1. The molecule has 0 radical (unpaired) electrons. The lowest BCUT2D eigenvalue weighted by Crippen LogP contribution is -2.24.